The summed E-state index contributed by atoms with van der Waals surface area (Å²) in [6, 6.07) is 0. The summed E-state index contributed by atoms with van der Waals surface area (Å²) in [6.07, 6.45) is 33.6. The maximum absolute atomic E-state index is 12.8. The molecule has 1 fully saturated rings. The summed E-state index contributed by atoms with van der Waals surface area (Å²) < 4.78 is 33.4. The third-order valence-corrected chi connectivity index (χ3v) is 10.7. The monoisotopic (exact) mass is 881 g/mol. The molecule has 0 spiro atoms. The number of hydrogen-bond acceptors (Lipinski definition) is 12. The molecule has 14 heteroatoms. The Hall–Kier alpha value is -2.97. The van der Waals surface area contributed by atoms with Gasteiger partial charge in [0.2, 0.25) is 0 Å². The second kappa shape index (κ2) is 36.5. The van der Waals surface area contributed by atoms with Gasteiger partial charge in [-0.05, 0) is 83.5 Å². The number of hydrogen-bond donors (Lipinski definition) is 6. The predicted octanol–water partition coefficient (Wildman–Crippen LogP) is 8.50. The Morgan fingerprint density at radius 2 is 0.951 bits per heavy atom. The molecule has 0 amide bonds. The average Bonchev–Trinajstić information content (AvgIpc) is 3.24. The van der Waals surface area contributed by atoms with Gasteiger partial charge in [-0.3, -0.25) is 18.6 Å². The van der Waals surface area contributed by atoms with E-state index in [0.29, 0.717) is 19.3 Å². The van der Waals surface area contributed by atoms with Crippen molar-refractivity contribution < 1.29 is 63.1 Å². The molecule has 1 saturated carbocycles. The second-order valence-electron chi connectivity index (χ2n) is 15.2. The van der Waals surface area contributed by atoms with Crippen LogP contribution in [0.25, 0.3) is 0 Å². The minimum Gasteiger partial charge on any atom is -0.462 e. The second-order valence-corrected chi connectivity index (χ2v) is 16.6. The lowest BCUT2D eigenvalue weighted by molar-refractivity contribution is -0.220. The van der Waals surface area contributed by atoms with Crippen molar-refractivity contribution in [2.24, 2.45) is 0 Å². The van der Waals surface area contributed by atoms with Crippen molar-refractivity contribution in [1.82, 2.24) is 0 Å². The van der Waals surface area contributed by atoms with Crippen molar-refractivity contribution in [3.63, 3.8) is 0 Å². The first-order valence-corrected chi connectivity index (χ1v) is 23.9. The SMILES string of the molecule is CC/C=C/C/C=C/C/C=C/C/C=C/C/C=C/CCCC(=O)OC[C@@H](COP(=O)(O)OC1C(O)C(O)C(O)[C@H](O)C1O)OC(=O)CCCC/C=C/C/C=C/CCCCCCCC. The summed E-state index contributed by atoms with van der Waals surface area (Å²) in [5, 5.41) is 50.1. The zero-order valence-electron chi connectivity index (χ0n) is 36.7. The fourth-order valence-corrected chi connectivity index (χ4v) is 7.09. The highest BCUT2D eigenvalue weighted by atomic mass is 31.2. The normalized spacial score (nSPS) is 22.8. The van der Waals surface area contributed by atoms with E-state index in [4.69, 9.17) is 18.5 Å². The number of carbonyl (C=O) groups is 2. The number of rotatable bonds is 35. The maximum Gasteiger partial charge on any atom is 0.472 e. The molecule has 0 aromatic heterocycles. The summed E-state index contributed by atoms with van der Waals surface area (Å²) in [6.45, 7) is 3.08. The Bertz CT molecular complexity index is 1390. The molecule has 1 aliphatic rings. The molecular formula is C47H77O13P. The Kier molecular flexibility index (Phi) is 33.5. The van der Waals surface area contributed by atoms with E-state index >= 15 is 0 Å². The summed E-state index contributed by atoms with van der Waals surface area (Å²) in [7, 11) is -5.14. The van der Waals surface area contributed by atoms with Crippen molar-refractivity contribution in [2.45, 2.75) is 185 Å². The summed E-state index contributed by atoms with van der Waals surface area (Å²) in [5.74, 6) is -1.22. The smallest absolute Gasteiger partial charge is 0.462 e. The molecule has 348 valence electrons. The number of aliphatic hydroxyl groups is 5. The molecule has 0 heterocycles. The minimum absolute atomic E-state index is 0.0372. The number of phosphoric acid groups is 1. The van der Waals surface area contributed by atoms with Crippen LogP contribution in [0.2, 0.25) is 0 Å². The molecule has 0 saturated heterocycles. The van der Waals surface area contributed by atoms with E-state index in [1.54, 1.807) is 0 Å². The zero-order valence-corrected chi connectivity index (χ0v) is 37.6. The van der Waals surface area contributed by atoms with Crippen molar-refractivity contribution >= 4 is 19.8 Å². The maximum atomic E-state index is 12.8. The minimum atomic E-state index is -5.14. The number of esters is 2. The standard InChI is InChI=1S/C47H77O13P/c1-3-5-7-9-11-13-15-17-19-20-22-23-25-27-29-31-33-35-40(48)57-37-39(38-58-61(55,56)60-47-45(53)43(51)42(50)44(52)46(47)54)59-41(49)36-34-32-30-28-26-24-21-18-16-14-12-10-8-6-4-2/h5,7,11,13,17-19,21-23,26-29,39,42-47,50-54H,3-4,6,8-10,12,14-16,20,24-25,30-38H2,1-2H3,(H,55,56)/b7-5+,13-11+,19-17+,21-18+,23-22+,28-26+,29-27+/t39-,42?,43-,44?,45?,46?,47?/m0/s1. The van der Waals surface area contributed by atoms with Crippen LogP contribution in [0.15, 0.2) is 85.1 Å². The molecule has 0 bridgehead atoms. The molecular weight excluding hydrogens is 803 g/mol. The molecule has 0 radical (unpaired) electrons. The van der Waals surface area contributed by atoms with E-state index in [2.05, 4.69) is 86.8 Å². The summed E-state index contributed by atoms with van der Waals surface area (Å²) in [5.41, 5.74) is 0. The fraction of sp³-hybridized carbons (Fsp3) is 0.660. The fourth-order valence-electron chi connectivity index (χ4n) is 6.12. The molecule has 0 aromatic carbocycles. The van der Waals surface area contributed by atoms with Gasteiger partial charge in [-0.2, -0.15) is 0 Å². The van der Waals surface area contributed by atoms with Gasteiger partial charge in [-0.1, -0.05) is 131 Å². The van der Waals surface area contributed by atoms with Crippen LogP contribution in [0.5, 0.6) is 0 Å². The van der Waals surface area contributed by atoms with E-state index in [9.17, 15) is 44.6 Å². The quantitative estimate of drug-likeness (QED) is 0.0153. The summed E-state index contributed by atoms with van der Waals surface area (Å²) >= 11 is 0. The topological polar surface area (TPSA) is 210 Å². The molecule has 1 rings (SSSR count). The van der Waals surface area contributed by atoms with Gasteiger partial charge in [0, 0.05) is 12.8 Å². The number of carbonyl (C=O) groups excluding carboxylic acids is 2. The van der Waals surface area contributed by atoms with Gasteiger partial charge in [-0.25, -0.2) is 4.57 Å². The Labute approximate surface area is 365 Å². The van der Waals surface area contributed by atoms with Gasteiger partial charge >= 0.3 is 19.8 Å². The molecule has 6 unspecified atom stereocenters. The van der Waals surface area contributed by atoms with Crippen LogP contribution in [-0.4, -0.2) is 98.3 Å². The average molecular weight is 881 g/mol. The number of allylic oxidation sites excluding steroid dienone is 14. The van der Waals surface area contributed by atoms with Gasteiger partial charge in [-0.15, -0.1) is 0 Å². The van der Waals surface area contributed by atoms with Gasteiger partial charge < -0.3 is 39.9 Å². The van der Waals surface area contributed by atoms with Crippen molar-refractivity contribution in [2.75, 3.05) is 13.2 Å². The van der Waals surface area contributed by atoms with E-state index < -0.39 is 75.7 Å². The highest BCUT2D eigenvalue weighted by Gasteiger charge is 2.51. The lowest BCUT2D eigenvalue weighted by Gasteiger charge is -2.41. The highest BCUT2D eigenvalue weighted by Crippen LogP contribution is 2.47. The summed E-state index contributed by atoms with van der Waals surface area (Å²) in [4.78, 5) is 35.6. The van der Waals surface area contributed by atoms with Crippen LogP contribution in [-0.2, 0) is 32.7 Å². The van der Waals surface area contributed by atoms with Crippen molar-refractivity contribution in [1.29, 1.82) is 0 Å². The molecule has 61 heavy (non-hydrogen) atoms. The Morgan fingerprint density at radius 3 is 1.48 bits per heavy atom. The van der Waals surface area contributed by atoms with Crippen LogP contribution in [0.1, 0.15) is 142 Å². The van der Waals surface area contributed by atoms with Crippen LogP contribution in [0.4, 0.5) is 0 Å². The molecule has 6 N–H and O–H groups in total. The van der Waals surface area contributed by atoms with Gasteiger partial charge in [0.05, 0.1) is 6.61 Å². The first-order valence-electron chi connectivity index (χ1n) is 22.4. The van der Waals surface area contributed by atoms with Crippen LogP contribution >= 0.6 is 7.82 Å². The molecule has 8 atom stereocenters. The number of ether oxygens (including phenoxy) is 2. The number of unbranched alkanes of at least 4 members (excludes halogenated alkanes) is 9. The van der Waals surface area contributed by atoms with E-state index in [1.807, 2.05) is 12.2 Å². The Balaban J connectivity index is 2.55. The predicted molar refractivity (Wildman–Crippen MR) is 239 cm³/mol. The first kappa shape index (κ1) is 56.0. The van der Waals surface area contributed by atoms with Crippen LogP contribution in [0.3, 0.4) is 0 Å². The van der Waals surface area contributed by atoms with E-state index in [1.165, 1.54) is 38.5 Å². The lowest BCUT2D eigenvalue weighted by Crippen LogP contribution is -2.64. The third kappa shape index (κ3) is 29.1. The zero-order chi connectivity index (χ0) is 45.0. The van der Waals surface area contributed by atoms with Crippen LogP contribution < -0.4 is 0 Å². The number of aliphatic hydroxyl groups excluding tert-OH is 5. The first-order chi connectivity index (χ1) is 29.4. The van der Waals surface area contributed by atoms with Gasteiger partial charge in [0.25, 0.3) is 0 Å². The van der Waals surface area contributed by atoms with Gasteiger partial charge in [0.1, 0.15) is 43.2 Å². The number of phosphoric ester groups is 1. The lowest BCUT2D eigenvalue weighted by atomic mass is 9.85. The van der Waals surface area contributed by atoms with Gasteiger partial charge in [0.15, 0.2) is 6.10 Å². The van der Waals surface area contributed by atoms with Crippen LogP contribution in [0, 0.1) is 0 Å². The third-order valence-electron chi connectivity index (χ3n) is 9.72. The Morgan fingerprint density at radius 1 is 0.525 bits per heavy atom. The molecule has 0 aliphatic heterocycles. The van der Waals surface area contributed by atoms with E-state index in [-0.39, 0.29) is 12.8 Å². The van der Waals surface area contributed by atoms with Crippen molar-refractivity contribution in [3.05, 3.63) is 85.1 Å². The van der Waals surface area contributed by atoms with E-state index in [0.717, 1.165) is 57.8 Å². The molecule has 0 aromatic rings. The largest absolute Gasteiger partial charge is 0.472 e. The highest BCUT2D eigenvalue weighted by molar-refractivity contribution is 7.47. The molecule has 1 aliphatic carbocycles. The molecule has 13 nitrogen and oxygen atoms in total. The van der Waals surface area contributed by atoms with Crippen molar-refractivity contribution in [3.8, 4) is 0 Å².